The molecule has 9 heavy (non-hydrogen) atoms. The molecular weight excluding hydrogens is 118 g/mol. The number of cyclic esters (lactones) is 1. The van der Waals surface area contributed by atoms with E-state index in [1.54, 1.807) is 6.92 Å². The predicted molar refractivity (Wildman–Crippen MR) is 29.3 cm³/mol. The highest BCUT2D eigenvalue weighted by Crippen LogP contribution is 2.19. The molecule has 3 heteroatoms. The first-order chi connectivity index (χ1) is 4.24. The van der Waals surface area contributed by atoms with Crippen molar-refractivity contribution in [1.82, 2.24) is 0 Å². The van der Waals surface area contributed by atoms with E-state index in [4.69, 9.17) is 10.00 Å². The van der Waals surface area contributed by atoms with E-state index >= 15 is 0 Å². The monoisotopic (exact) mass is 125 g/mol. The van der Waals surface area contributed by atoms with E-state index in [0.29, 0.717) is 6.42 Å². The molecule has 1 saturated heterocycles. The van der Waals surface area contributed by atoms with Crippen LogP contribution in [0.1, 0.15) is 13.3 Å². The van der Waals surface area contributed by atoms with E-state index in [-0.39, 0.29) is 12.1 Å². The second-order valence-corrected chi connectivity index (χ2v) is 2.16. The average Bonchev–Trinajstić information content (AvgIpc) is 2.10. The van der Waals surface area contributed by atoms with Crippen LogP contribution in [-0.4, -0.2) is 12.1 Å². The van der Waals surface area contributed by atoms with Gasteiger partial charge in [-0.1, -0.05) is 0 Å². The maximum Gasteiger partial charge on any atom is 0.323 e. The SMILES string of the molecule is CC1CC(C#N)C(=O)O1. The molecule has 0 aromatic rings. The first kappa shape index (κ1) is 6.09. The molecule has 0 aliphatic carbocycles. The van der Waals surface area contributed by atoms with Gasteiger partial charge in [-0.3, -0.25) is 4.79 Å². The number of carbonyl (C=O) groups is 1. The molecular formula is C6H7NO2. The third kappa shape index (κ3) is 1.02. The molecule has 2 unspecified atom stereocenters. The zero-order valence-corrected chi connectivity index (χ0v) is 5.13. The van der Waals surface area contributed by atoms with Crippen LogP contribution in [0.3, 0.4) is 0 Å². The second-order valence-electron chi connectivity index (χ2n) is 2.16. The quantitative estimate of drug-likeness (QED) is 0.442. The molecule has 2 atom stereocenters. The third-order valence-corrected chi connectivity index (χ3v) is 1.33. The number of hydrogen-bond donors (Lipinski definition) is 0. The van der Waals surface area contributed by atoms with Crippen molar-refractivity contribution in [2.24, 2.45) is 5.92 Å². The van der Waals surface area contributed by atoms with Crippen LogP contribution in [0, 0.1) is 17.2 Å². The van der Waals surface area contributed by atoms with Crippen molar-refractivity contribution >= 4 is 5.97 Å². The number of rotatable bonds is 0. The van der Waals surface area contributed by atoms with Gasteiger partial charge in [-0.25, -0.2) is 0 Å². The summed E-state index contributed by atoms with van der Waals surface area (Å²) < 4.78 is 4.70. The summed E-state index contributed by atoms with van der Waals surface area (Å²) in [6, 6.07) is 1.87. The van der Waals surface area contributed by atoms with Crippen molar-refractivity contribution in [3.05, 3.63) is 0 Å². The Morgan fingerprint density at radius 1 is 1.89 bits per heavy atom. The van der Waals surface area contributed by atoms with Crippen LogP contribution in [0.4, 0.5) is 0 Å². The average molecular weight is 125 g/mol. The molecule has 0 aromatic carbocycles. The molecule has 1 heterocycles. The maximum atomic E-state index is 10.6. The van der Waals surface area contributed by atoms with Crippen molar-refractivity contribution in [3.63, 3.8) is 0 Å². The van der Waals surface area contributed by atoms with Crippen LogP contribution < -0.4 is 0 Å². The van der Waals surface area contributed by atoms with Gasteiger partial charge >= 0.3 is 5.97 Å². The molecule has 1 rings (SSSR count). The van der Waals surface area contributed by atoms with Crippen LogP contribution >= 0.6 is 0 Å². The van der Waals surface area contributed by atoms with Crippen LogP contribution in [-0.2, 0) is 9.53 Å². The highest BCUT2D eigenvalue weighted by molar-refractivity contribution is 5.77. The van der Waals surface area contributed by atoms with Crippen LogP contribution in [0.25, 0.3) is 0 Å². The molecule has 0 spiro atoms. The van der Waals surface area contributed by atoms with Gasteiger partial charge < -0.3 is 4.74 Å². The molecule has 1 aliphatic rings. The van der Waals surface area contributed by atoms with Crippen LogP contribution in [0.15, 0.2) is 0 Å². The number of esters is 1. The molecule has 0 bridgehead atoms. The van der Waals surface area contributed by atoms with Gasteiger partial charge in [0, 0.05) is 6.42 Å². The molecule has 0 saturated carbocycles. The van der Waals surface area contributed by atoms with Gasteiger partial charge in [0.1, 0.15) is 12.0 Å². The summed E-state index contributed by atoms with van der Waals surface area (Å²) in [5.74, 6) is -0.884. The van der Waals surface area contributed by atoms with E-state index in [0.717, 1.165) is 0 Å². The van der Waals surface area contributed by atoms with Crippen LogP contribution in [0.2, 0.25) is 0 Å². The lowest BCUT2D eigenvalue weighted by Crippen LogP contribution is -2.03. The largest absolute Gasteiger partial charge is 0.462 e. The second kappa shape index (κ2) is 2.06. The van der Waals surface area contributed by atoms with Gasteiger partial charge in [0.25, 0.3) is 0 Å². The Labute approximate surface area is 53.2 Å². The number of hydrogen-bond acceptors (Lipinski definition) is 3. The summed E-state index contributed by atoms with van der Waals surface area (Å²) in [5.41, 5.74) is 0. The summed E-state index contributed by atoms with van der Waals surface area (Å²) >= 11 is 0. The lowest BCUT2D eigenvalue weighted by molar-refractivity contribution is -0.142. The Bertz CT molecular complexity index is 170. The molecule has 0 radical (unpaired) electrons. The number of nitrogens with zero attached hydrogens (tertiary/aromatic N) is 1. The summed E-state index contributed by atoms with van der Waals surface area (Å²) in [6.45, 7) is 1.79. The van der Waals surface area contributed by atoms with Crippen molar-refractivity contribution in [1.29, 1.82) is 5.26 Å². The Morgan fingerprint density at radius 2 is 2.56 bits per heavy atom. The minimum Gasteiger partial charge on any atom is -0.462 e. The van der Waals surface area contributed by atoms with Gasteiger partial charge in [-0.2, -0.15) is 5.26 Å². The zero-order valence-electron chi connectivity index (χ0n) is 5.13. The summed E-state index contributed by atoms with van der Waals surface area (Å²) in [7, 11) is 0. The summed E-state index contributed by atoms with van der Waals surface area (Å²) in [4.78, 5) is 10.6. The molecule has 48 valence electrons. The standard InChI is InChI=1S/C6H7NO2/c1-4-2-5(3-7)6(8)9-4/h4-5H,2H2,1H3. The highest BCUT2D eigenvalue weighted by atomic mass is 16.5. The lowest BCUT2D eigenvalue weighted by Gasteiger charge is -1.95. The first-order valence-electron chi connectivity index (χ1n) is 2.84. The summed E-state index contributed by atoms with van der Waals surface area (Å²) in [5, 5.41) is 8.30. The van der Waals surface area contributed by atoms with Gasteiger partial charge in [-0.15, -0.1) is 0 Å². The van der Waals surface area contributed by atoms with Gasteiger partial charge in [0.2, 0.25) is 0 Å². The molecule has 1 aliphatic heterocycles. The van der Waals surface area contributed by atoms with E-state index in [2.05, 4.69) is 0 Å². The Morgan fingerprint density at radius 3 is 2.78 bits per heavy atom. The minimum absolute atomic E-state index is 0.0675. The van der Waals surface area contributed by atoms with E-state index in [1.165, 1.54) is 0 Å². The van der Waals surface area contributed by atoms with Gasteiger partial charge in [-0.05, 0) is 6.92 Å². The number of nitriles is 1. The van der Waals surface area contributed by atoms with Crippen molar-refractivity contribution in [2.45, 2.75) is 19.4 Å². The molecule has 0 amide bonds. The fraction of sp³-hybridized carbons (Fsp3) is 0.667. The third-order valence-electron chi connectivity index (χ3n) is 1.33. The lowest BCUT2D eigenvalue weighted by atomic mass is 10.1. The van der Waals surface area contributed by atoms with E-state index in [1.807, 2.05) is 6.07 Å². The predicted octanol–water partition coefficient (Wildman–Crippen LogP) is 0.462. The molecule has 3 nitrogen and oxygen atoms in total. The molecule has 0 N–H and O–H groups in total. The first-order valence-corrected chi connectivity index (χ1v) is 2.84. The Balaban J connectivity index is 2.61. The Kier molecular flexibility index (Phi) is 1.39. The van der Waals surface area contributed by atoms with Crippen LogP contribution in [0.5, 0.6) is 0 Å². The normalized spacial score (nSPS) is 33.6. The zero-order chi connectivity index (χ0) is 6.85. The fourth-order valence-corrected chi connectivity index (χ4v) is 0.862. The smallest absolute Gasteiger partial charge is 0.323 e. The van der Waals surface area contributed by atoms with E-state index in [9.17, 15) is 4.79 Å². The number of carbonyl (C=O) groups excluding carboxylic acids is 1. The number of ether oxygens (including phenoxy) is 1. The highest BCUT2D eigenvalue weighted by Gasteiger charge is 2.31. The van der Waals surface area contributed by atoms with Crippen molar-refractivity contribution < 1.29 is 9.53 Å². The Hall–Kier alpha value is -1.04. The molecule has 1 fully saturated rings. The fourth-order valence-electron chi connectivity index (χ4n) is 0.862. The summed E-state index contributed by atoms with van der Waals surface area (Å²) in [6.07, 6.45) is 0.483. The van der Waals surface area contributed by atoms with Crippen molar-refractivity contribution in [2.75, 3.05) is 0 Å². The van der Waals surface area contributed by atoms with Gasteiger partial charge in [0.05, 0.1) is 6.07 Å². The van der Waals surface area contributed by atoms with Crippen molar-refractivity contribution in [3.8, 4) is 6.07 Å². The van der Waals surface area contributed by atoms with Gasteiger partial charge in [0.15, 0.2) is 0 Å². The topological polar surface area (TPSA) is 50.1 Å². The molecule has 0 aromatic heterocycles. The maximum absolute atomic E-state index is 10.6. The van der Waals surface area contributed by atoms with E-state index < -0.39 is 5.92 Å². The minimum atomic E-state index is -0.514.